The highest BCUT2D eigenvalue weighted by molar-refractivity contribution is 5.82. The second-order valence-electron chi connectivity index (χ2n) is 5.51. The highest BCUT2D eigenvalue weighted by Gasteiger charge is 1.96. The van der Waals surface area contributed by atoms with Crippen LogP contribution in [0.1, 0.15) is 73.6 Å². The van der Waals surface area contributed by atoms with Gasteiger partial charge in [-0.15, -0.1) is 0 Å². The average Bonchev–Trinajstić information content (AvgIpc) is 2.26. The van der Waals surface area contributed by atoms with Gasteiger partial charge in [0.15, 0.2) is 0 Å². The zero-order valence-corrected chi connectivity index (χ0v) is 13.2. The van der Waals surface area contributed by atoms with Gasteiger partial charge in [0, 0.05) is 11.8 Å². The van der Waals surface area contributed by atoms with E-state index in [2.05, 4.69) is 58.7 Å². The normalized spacial score (nSPS) is 14.5. The maximum absolute atomic E-state index is 4.56. The number of allylic oxidation sites excluding steroid dienone is 4. The minimum absolute atomic E-state index is 0.427. The van der Waals surface area contributed by atoms with E-state index in [0.29, 0.717) is 6.04 Å². The lowest BCUT2D eigenvalue weighted by Crippen LogP contribution is -1.98. The molecule has 0 atom stereocenters. The Morgan fingerprint density at radius 1 is 0.944 bits per heavy atom. The molecular weight excluding hydrogens is 218 g/mol. The molecular formula is C17H31N. The molecule has 0 aliphatic heterocycles. The lowest BCUT2D eigenvalue weighted by atomic mass is 10.1. The van der Waals surface area contributed by atoms with Crippen LogP contribution in [0.15, 0.2) is 28.3 Å². The molecule has 104 valence electrons. The minimum Gasteiger partial charge on any atom is -0.292 e. The number of aliphatic imine (C=N–C) groups is 1. The van der Waals surface area contributed by atoms with Crippen LogP contribution in [0, 0.1) is 0 Å². The molecule has 0 radical (unpaired) electrons. The van der Waals surface area contributed by atoms with E-state index in [0.717, 1.165) is 19.3 Å². The molecule has 0 fully saturated rings. The number of hydrogen-bond acceptors (Lipinski definition) is 1. The Balaban J connectivity index is 3.95. The molecule has 0 aromatic carbocycles. The molecule has 0 saturated carbocycles. The molecule has 0 heterocycles. The van der Waals surface area contributed by atoms with Crippen LogP contribution < -0.4 is 0 Å². The minimum atomic E-state index is 0.427. The number of hydrogen-bond donors (Lipinski definition) is 0. The summed E-state index contributed by atoms with van der Waals surface area (Å²) in [4.78, 5) is 4.56. The maximum Gasteiger partial charge on any atom is 0.0442 e. The van der Waals surface area contributed by atoms with Gasteiger partial charge in [0.05, 0.1) is 0 Å². The van der Waals surface area contributed by atoms with Crippen molar-refractivity contribution >= 4 is 5.71 Å². The van der Waals surface area contributed by atoms with Gasteiger partial charge in [-0.05, 0) is 66.7 Å². The molecule has 0 aromatic heterocycles. The van der Waals surface area contributed by atoms with Crippen molar-refractivity contribution in [3.05, 3.63) is 23.3 Å². The monoisotopic (exact) mass is 249 g/mol. The highest BCUT2D eigenvalue weighted by Crippen LogP contribution is 2.11. The summed E-state index contributed by atoms with van der Waals surface area (Å²) in [6, 6.07) is 0.427. The van der Waals surface area contributed by atoms with E-state index in [9.17, 15) is 0 Å². The van der Waals surface area contributed by atoms with Crippen molar-refractivity contribution in [3.8, 4) is 0 Å². The number of rotatable bonds is 8. The third-order valence-corrected chi connectivity index (χ3v) is 2.94. The first-order valence-electron chi connectivity index (χ1n) is 7.30. The van der Waals surface area contributed by atoms with E-state index >= 15 is 0 Å². The van der Waals surface area contributed by atoms with Crippen molar-refractivity contribution in [3.63, 3.8) is 0 Å². The standard InChI is InChI=1S/C17H31N/c1-7-9-15(4)10-8-11-16(5)12-13-17(6)18-14(2)3/h9,11,14H,7-8,10,12-13H2,1-6H3/b15-9+,16-11+,18-17?. The van der Waals surface area contributed by atoms with Gasteiger partial charge in [-0.1, -0.05) is 30.2 Å². The molecule has 18 heavy (non-hydrogen) atoms. The van der Waals surface area contributed by atoms with Gasteiger partial charge >= 0.3 is 0 Å². The fourth-order valence-electron chi connectivity index (χ4n) is 1.98. The van der Waals surface area contributed by atoms with Crippen molar-refractivity contribution in [2.45, 2.75) is 79.7 Å². The average molecular weight is 249 g/mol. The van der Waals surface area contributed by atoms with E-state index in [4.69, 9.17) is 0 Å². The molecule has 0 aliphatic rings. The Hall–Kier alpha value is -0.850. The largest absolute Gasteiger partial charge is 0.292 e. The Morgan fingerprint density at radius 2 is 1.56 bits per heavy atom. The van der Waals surface area contributed by atoms with Crippen LogP contribution in [0.3, 0.4) is 0 Å². The SMILES string of the molecule is CC/C=C(\C)CC/C=C(\C)CCC(C)=NC(C)C. The van der Waals surface area contributed by atoms with Gasteiger partial charge in [0.25, 0.3) is 0 Å². The van der Waals surface area contributed by atoms with Gasteiger partial charge in [0.2, 0.25) is 0 Å². The van der Waals surface area contributed by atoms with Gasteiger partial charge in [0.1, 0.15) is 0 Å². The van der Waals surface area contributed by atoms with Crippen LogP contribution in [0.5, 0.6) is 0 Å². The Kier molecular flexibility index (Phi) is 9.63. The fraction of sp³-hybridized carbons (Fsp3) is 0.706. The van der Waals surface area contributed by atoms with E-state index in [1.54, 1.807) is 0 Å². The maximum atomic E-state index is 4.56. The Labute approximate surface area is 114 Å². The Morgan fingerprint density at radius 3 is 2.11 bits per heavy atom. The summed E-state index contributed by atoms with van der Waals surface area (Å²) in [6.45, 7) is 13.1. The van der Waals surface area contributed by atoms with Gasteiger partial charge < -0.3 is 0 Å². The topological polar surface area (TPSA) is 12.4 Å². The first kappa shape index (κ1) is 17.2. The summed E-state index contributed by atoms with van der Waals surface area (Å²) < 4.78 is 0. The van der Waals surface area contributed by atoms with E-state index < -0.39 is 0 Å². The summed E-state index contributed by atoms with van der Waals surface area (Å²) in [5.41, 5.74) is 4.29. The van der Waals surface area contributed by atoms with Crippen molar-refractivity contribution in [2.24, 2.45) is 4.99 Å². The molecule has 0 aliphatic carbocycles. The molecule has 1 heteroatoms. The Bertz CT molecular complexity index is 306. The second kappa shape index (κ2) is 10.1. The lowest BCUT2D eigenvalue weighted by Gasteiger charge is -2.04. The molecule has 0 saturated heterocycles. The summed E-state index contributed by atoms with van der Waals surface area (Å²) >= 11 is 0. The smallest absolute Gasteiger partial charge is 0.0442 e. The molecule has 0 spiro atoms. The molecule has 0 bridgehead atoms. The first-order valence-corrected chi connectivity index (χ1v) is 7.30. The van der Waals surface area contributed by atoms with Crippen LogP contribution >= 0.6 is 0 Å². The summed E-state index contributed by atoms with van der Waals surface area (Å²) in [7, 11) is 0. The predicted molar refractivity (Wildman–Crippen MR) is 84.5 cm³/mol. The highest BCUT2D eigenvalue weighted by atomic mass is 14.8. The molecule has 0 aromatic rings. The van der Waals surface area contributed by atoms with Crippen LogP contribution in [0.2, 0.25) is 0 Å². The van der Waals surface area contributed by atoms with Crippen LogP contribution in [0.4, 0.5) is 0 Å². The van der Waals surface area contributed by atoms with Crippen molar-refractivity contribution in [1.29, 1.82) is 0 Å². The number of nitrogens with zero attached hydrogens (tertiary/aromatic N) is 1. The van der Waals surface area contributed by atoms with Crippen molar-refractivity contribution in [2.75, 3.05) is 0 Å². The molecule has 0 unspecified atom stereocenters. The van der Waals surface area contributed by atoms with Crippen molar-refractivity contribution in [1.82, 2.24) is 0 Å². The zero-order chi connectivity index (χ0) is 14.0. The quantitative estimate of drug-likeness (QED) is 0.385. The van der Waals surface area contributed by atoms with Crippen molar-refractivity contribution < 1.29 is 0 Å². The van der Waals surface area contributed by atoms with Crippen LogP contribution in [0.25, 0.3) is 0 Å². The molecule has 0 amide bonds. The molecule has 0 N–H and O–H groups in total. The van der Waals surface area contributed by atoms with Gasteiger partial charge in [-0.2, -0.15) is 0 Å². The van der Waals surface area contributed by atoms with E-state index in [1.807, 2.05) is 0 Å². The van der Waals surface area contributed by atoms with Gasteiger partial charge in [-0.25, -0.2) is 0 Å². The predicted octanol–water partition coefficient (Wildman–Crippen LogP) is 5.72. The summed E-state index contributed by atoms with van der Waals surface area (Å²) in [6.07, 6.45) is 10.5. The van der Waals surface area contributed by atoms with Crippen LogP contribution in [-0.4, -0.2) is 11.8 Å². The molecule has 1 nitrogen and oxygen atoms in total. The van der Waals surface area contributed by atoms with E-state index in [1.165, 1.54) is 29.7 Å². The lowest BCUT2D eigenvalue weighted by molar-refractivity contribution is 0.823. The fourth-order valence-corrected chi connectivity index (χ4v) is 1.98. The van der Waals surface area contributed by atoms with Crippen LogP contribution in [-0.2, 0) is 0 Å². The summed E-state index contributed by atoms with van der Waals surface area (Å²) in [5.74, 6) is 0. The second-order valence-corrected chi connectivity index (χ2v) is 5.51. The third kappa shape index (κ3) is 10.3. The zero-order valence-electron chi connectivity index (χ0n) is 13.2. The van der Waals surface area contributed by atoms with E-state index in [-0.39, 0.29) is 0 Å². The molecule has 0 rings (SSSR count). The summed E-state index contributed by atoms with van der Waals surface area (Å²) in [5, 5.41) is 0. The third-order valence-electron chi connectivity index (χ3n) is 2.94. The first-order chi connectivity index (χ1) is 8.45. The van der Waals surface area contributed by atoms with Gasteiger partial charge in [-0.3, -0.25) is 4.99 Å².